The van der Waals surface area contributed by atoms with E-state index in [2.05, 4.69) is 17.4 Å². The predicted octanol–water partition coefficient (Wildman–Crippen LogP) is 4.42. The standard InChI is InChI=1S/C23H31NO2/c1-15(26-21-8-4-6-19-5-2-3-7-20(19)21)22(25)24-23-12-16-9-17(13-23)11-18(10-16)14-23/h4,6,8,15-18H,2-3,5,7,9-14H2,1H3,(H,24,25)/t15-,16?,17?,18?,23?/m0/s1. The van der Waals surface area contributed by atoms with Crippen molar-refractivity contribution in [2.45, 2.75) is 82.8 Å². The fourth-order valence-electron chi connectivity index (χ4n) is 6.73. The zero-order valence-corrected chi connectivity index (χ0v) is 15.9. The van der Waals surface area contributed by atoms with Gasteiger partial charge in [0.05, 0.1) is 0 Å². The summed E-state index contributed by atoms with van der Waals surface area (Å²) in [6.45, 7) is 1.91. The van der Waals surface area contributed by atoms with Gasteiger partial charge in [0.2, 0.25) is 0 Å². The maximum absolute atomic E-state index is 13.0. The number of hydrogen-bond acceptors (Lipinski definition) is 2. The zero-order chi connectivity index (χ0) is 17.7. The molecule has 5 aliphatic carbocycles. The fraction of sp³-hybridized carbons (Fsp3) is 0.696. The van der Waals surface area contributed by atoms with Crippen LogP contribution in [0.1, 0.15) is 69.4 Å². The molecule has 0 unspecified atom stereocenters. The van der Waals surface area contributed by atoms with Crippen molar-refractivity contribution in [3.05, 3.63) is 29.3 Å². The van der Waals surface area contributed by atoms with Crippen LogP contribution < -0.4 is 10.1 Å². The largest absolute Gasteiger partial charge is 0.481 e. The number of rotatable bonds is 4. The molecule has 1 N–H and O–H groups in total. The summed E-state index contributed by atoms with van der Waals surface area (Å²) in [6.07, 6.45) is 12.1. The lowest BCUT2D eigenvalue weighted by atomic mass is 9.53. The van der Waals surface area contributed by atoms with Gasteiger partial charge in [-0.15, -0.1) is 0 Å². The summed E-state index contributed by atoms with van der Waals surface area (Å²) < 4.78 is 6.18. The second kappa shape index (κ2) is 6.28. The maximum Gasteiger partial charge on any atom is 0.261 e. The first-order chi connectivity index (χ1) is 12.6. The van der Waals surface area contributed by atoms with Crippen LogP contribution in [0.15, 0.2) is 18.2 Å². The van der Waals surface area contributed by atoms with E-state index in [9.17, 15) is 4.79 Å². The number of carbonyl (C=O) groups is 1. The van der Waals surface area contributed by atoms with Crippen molar-refractivity contribution in [1.82, 2.24) is 5.32 Å². The van der Waals surface area contributed by atoms with Crippen molar-refractivity contribution in [2.24, 2.45) is 17.8 Å². The monoisotopic (exact) mass is 353 g/mol. The van der Waals surface area contributed by atoms with Crippen molar-refractivity contribution < 1.29 is 9.53 Å². The van der Waals surface area contributed by atoms with E-state index in [4.69, 9.17) is 4.74 Å². The Balaban J connectivity index is 1.28. The second-order valence-electron chi connectivity index (χ2n) is 9.55. The van der Waals surface area contributed by atoms with E-state index in [0.29, 0.717) is 0 Å². The molecule has 6 rings (SSSR count). The van der Waals surface area contributed by atoms with Gasteiger partial charge in [-0.25, -0.2) is 0 Å². The lowest BCUT2D eigenvalue weighted by Crippen LogP contribution is -2.61. The Bertz CT molecular complexity index is 675. The van der Waals surface area contributed by atoms with Crippen molar-refractivity contribution in [3.63, 3.8) is 0 Å². The SMILES string of the molecule is C[C@H](Oc1cccc2c1CCCC2)C(=O)NC12CC3CC(CC(C3)C1)C2. The number of amides is 1. The molecule has 0 aliphatic heterocycles. The number of carbonyl (C=O) groups excluding carboxylic acids is 1. The van der Waals surface area contributed by atoms with E-state index in [1.165, 1.54) is 62.5 Å². The van der Waals surface area contributed by atoms with E-state index in [1.54, 1.807) is 0 Å². The van der Waals surface area contributed by atoms with Crippen LogP contribution in [0, 0.1) is 17.8 Å². The minimum absolute atomic E-state index is 0.0690. The first-order valence-electron chi connectivity index (χ1n) is 10.7. The minimum atomic E-state index is -0.420. The second-order valence-corrected chi connectivity index (χ2v) is 9.55. The topological polar surface area (TPSA) is 38.3 Å². The first-order valence-corrected chi connectivity index (χ1v) is 10.7. The average molecular weight is 354 g/mol. The van der Waals surface area contributed by atoms with Gasteiger partial charge in [0, 0.05) is 5.54 Å². The molecule has 0 saturated heterocycles. The lowest BCUT2D eigenvalue weighted by Gasteiger charge is -2.57. The highest BCUT2D eigenvalue weighted by atomic mass is 16.5. The molecule has 1 atom stereocenters. The lowest BCUT2D eigenvalue weighted by molar-refractivity contribution is -0.133. The molecule has 3 heteroatoms. The number of benzene rings is 1. The highest BCUT2D eigenvalue weighted by molar-refractivity contribution is 5.81. The number of hydrogen-bond donors (Lipinski definition) is 1. The average Bonchev–Trinajstić information content (AvgIpc) is 2.60. The van der Waals surface area contributed by atoms with E-state index in [0.717, 1.165) is 36.3 Å². The Hall–Kier alpha value is -1.51. The molecule has 0 radical (unpaired) electrons. The Morgan fingerprint density at radius 3 is 2.42 bits per heavy atom. The molecule has 1 aromatic carbocycles. The quantitative estimate of drug-likeness (QED) is 0.870. The van der Waals surface area contributed by atoms with Crippen LogP contribution in [-0.4, -0.2) is 17.6 Å². The van der Waals surface area contributed by atoms with Crippen LogP contribution in [0.3, 0.4) is 0 Å². The number of aryl methyl sites for hydroxylation is 1. The molecule has 1 aromatic rings. The Morgan fingerprint density at radius 2 is 1.73 bits per heavy atom. The normalized spacial score (nSPS) is 35.7. The molecule has 4 bridgehead atoms. The van der Waals surface area contributed by atoms with Gasteiger partial charge < -0.3 is 10.1 Å². The van der Waals surface area contributed by atoms with Gasteiger partial charge in [0.25, 0.3) is 5.91 Å². The Labute approximate surface area is 156 Å². The van der Waals surface area contributed by atoms with E-state index >= 15 is 0 Å². The summed E-state index contributed by atoms with van der Waals surface area (Å²) in [4.78, 5) is 13.0. The van der Waals surface area contributed by atoms with Gasteiger partial charge in [0.15, 0.2) is 6.10 Å². The number of nitrogens with one attached hydrogen (secondary N) is 1. The van der Waals surface area contributed by atoms with Crippen molar-refractivity contribution >= 4 is 5.91 Å². The number of ether oxygens (including phenoxy) is 1. The third-order valence-corrected chi connectivity index (χ3v) is 7.45. The summed E-state index contributed by atoms with van der Waals surface area (Å²) in [6, 6.07) is 6.32. The van der Waals surface area contributed by atoms with Gasteiger partial charge in [0.1, 0.15) is 5.75 Å². The van der Waals surface area contributed by atoms with Crippen LogP contribution in [0.2, 0.25) is 0 Å². The maximum atomic E-state index is 13.0. The van der Waals surface area contributed by atoms with Crippen LogP contribution in [0.5, 0.6) is 5.75 Å². The molecule has 0 heterocycles. The Morgan fingerprint density at radius 1 is 1.08 bits per heavy atom. The molecular formula is C23H31NO2. The highest BCUT2D eigenvalue weighted by Gasteiger charge is 2.51. The fourth-order valence-corrected chi connectivity index (χ4v) is 6.73. The highest BCUT2D eigenvalue weighted by Crippen LogP contribution is 2.55. The van der Waals surface area contributed by atoms with Crippen molar-refractivity contribution in [1.29, 1.82) is 0 Å². The van der Waals surface area contributed by atoms with Crippen molar-refractivity contribution in [3.8, 4) is 5.75 Å². The molecule has 5 aliphatic rings. The van der Waals surface area contributed by atoms with E-state index < -0.39 is 6.10 Å². The molecule has 3 nitrogen and oxygen atoms in total. The summed E-state index contributed by atoms with van der Waals surface area (Å²) in [5.74, 6) is 3.55. The van der Waals surface area contributed by atoms with Gasteiger partial charge in [-0.1, -0.05) is 12.1 Å². The predicted molar refractivity (Wildman–Crippen MR) is 102 cm³/mol. The van der Waals surface area contributed by atoms with Crippen LogP contribution in [0.25, 0.3) is 0 Å². The molecule has 4 fully saturated rings. The van der Waals surface area contributed by atoms with Gasteiger partial charge in [-0.3, -0.25) is 4.79 Å². The summed E-state index contributed by atoms with van der Waals surface area (Å²) >= 11 is 0. The van der Waals surface area contributed by atoms with Gasteiger partial charge >= 0.3 is 0 Å². The summed E-state index contributed by atoms with van der Waals surface area (Å²) in [7, 11) is 0. The van der Waals surface area contributed by atoms with Gasteiger partial charge in [-0.2, -0.15) is 0 Å². The molecular weight excluding hydrogens is 322 g/mol. The molecule has 1 amide bonds. The smallest absolute Gasteiger partial charge is 0.261 e. The Kier molecular flexibility index (Phi) is 4.02. The summed E-state index contributed by atoms with van der Waals surface area (Å²) in [5, 5.41) is 3.46. The van der Waals surface area contributed by atoms with Crippen LogP contribution in [0.4, 0.5) is 0 Å². The molecule has 26 heavy (non-hydrogen) atoms. The zero-order valence-electron chi connectivity index (χ0n) is 15.9. The van der Waals surface area contributed by atoms with E-state index in [-0.39, 0.29) is 11.4 Å². The molecule has 140 valence electrons. The third kappa shape index (κ3) is 2.93. The summed E-state index contributed by atoms with van der Waals surface area (Å²) in [5.41, 5.74) is 2.80. The molecule has 0 aromatic heterocycles. The van der Waals surface area contributed by atoms with Gasteiger partial charge in [-0.05, 0) is 106 Å². The van der Waals surface area contributed by atoms with E-state index in [1.807, 2.05) is 13.0 Å². The van der Waals surface area contributed by atoms with Crippen molar-refractivity contribution in [2.75, 3.05) is 0 Å². The molecule has 0 spiro atoms. The minimum Gasteiger partial charge on any atom is -0.481 e. The number of fused-ring (bicyclic) bond motifs is 1. The van der Waals surface area contributed by atoms with Crippen LogP contribution in [-0.2, 0) is 17.6 Å². The van der Waals surface area contributed by atoms with Crippen LogP contribution >= 0.6 is 0 Å². The first kappa shape index (κ1) is 16.6. The third-order valence-electron chi connectivity index (χ3n) is 7.45. The molecule has 4 saturated carbocycles.